The van der Waals surface area contributed by atoms with Gasteiger partial charge in [-0.15, -0.1) is 0 Å². The molecule has 1 aromatic carbocycles. The Morgan fingerprint density at radius 3 is 3.27 bits per heavy atom. The summed E-state index contributed by atoms with van der Waals surface area (Å²) in [7, 11) is 0. The standard InChI is InChI=1S/C10H13N5/c1-2-12-10(11)14-8-3-4-9-7(5-8)6-13-15-9/h3-6H,2H2,1H3,(H,13,15)(H3,11,12,14). The van der Waals surface area contributed by atoms with Crippen LogP contribution < -0.4 is 11.1 Å². The van der Waals surface area contributed by atoms with Gasteiger partial charge in [0, 0.05) is 17.6 Å². The van der Waals surface area contributed by atoms with Gasteiger partial charge >= 0.3 is 0 Å². The van der Waals surface area contributed by atoms with Crippen LogP contribution in [0.2, 0.25) is 0 Å². The van der Waals surface area contributed by atoms with E-state index in [1.807, 2.05) is 25.1 Å². The van der Waals surface area contributed by atoms with Crippen molar-refractivity contribution in [3.63, 3.8) is 0 Å². The monoisotopic (exact) mass is 203 g/mol. The smallest absolute Gasteiger partial charge is 0.193 e. The lowest BCUT2D eigenvalue weighted by Gasteiger charge is -2.04. The highest BCUT2D eigenvalue weighted by molar-refractivity contribution is 5.94. The molecule has 15 heavy (non-hydrogen) atoms. The summed E-state index contributed by atoms with van der Waals surface area (Å²) in [6.07, 6.45) is 1.77. The van der Waals surface area contributed by atoms with Crippen LogP contribution in [0.4, 0.5) is 5.69 Å². The number of hydrogen-bond acceptors (Lipinski definition) is 2. The molecule has 5 nitrogen and oxygen atoms in total. The summed E-state index contributed by atoms with van der Waals surface area (Å²) in [5, 5.41) is 10.9. The van der Waals surface area contributed by atoms with Crippen LogP contribution in [-0.4, -0.2) is 22.7 Å². The van der Waals surface area contributed by atoms with Crippen LogP contribution in [-0.2, 0) is 0 Å². The van der Waals surface area contributed by atoms with E-state index in [2.05, 4.69) is 20.5 Å². The summed E-state index contributed by atoms with van der Waals surface area (Å²) >= 11 is 0. The topological polar surface area (TPSA) is 79.1 Å². The van der Waals surface area contributed by atoms with Crippen molar-refractivity contribution in [1.82, 2.24) is 10.2 Å². The molecule has 0 spiro atoms. The Balaban J connectivity index is 2.25. The number of hydrogen-bond donors (Lipinski definition) is 3. The van der Waals surface area contributed by atoms with Crippen LogP contribution in [0.5, 0.6) is 0 Å². The molecule has 0 radical (unpaired) electrons. The average molecular weight is 203 g/mol. The Bertz CT molecular complexity index is 485. The molecule has 2 rings (SSSR count). The van der Waals surface area contributed by atoms with Crippen LogP contribution in [0, 0.1) is 0 Å². The van der Waals surface area contributed by atoms with Gasteiger partial charge in [-0.3, -0.25) is 10.1 Å². The Morgan fingerprint density at radius 1 is 1.60 bits per heavy atom. The number of fused-ring (bicyclic) bond motifs is 1. The van der Waals surface area contributed by atoms with Crippen molar-refractivity contribution in [2.75, 3.05) is 11.9 Å². The Morgan fingerprint density at radius 2 is 2.47 bits per heavy atom. The third-order valence-corrected chi connectivity index (χ3v) is 2.04. The summed E-state index contributed by atoms with van der Waals surface area (Å²) in [5.74, 6) is 0.431. The zero-order valence-electron chi connectivity index (χ0n) is 8.49. The number of aromatic nitrogens is 2. The molecule has 5 heteroatoms. The van der Waals surface area contributed by atoms with Crippen molar-refractivity contribution >= 4 is 22.5 Å². The number of guanidine groups is 1. The van der Waals surface area contributed by atoms with Gasteiger partial charge < -0.3 is 11.1 Å². The van der Waals surface area contributed by atoms with Crippen molar-refractivity contribution in [2.45, 2.75) is 6.92 Å². The number of benzene rings is 1. The molecule has 0 aliphatic rings. The molecule has 0 atom stereocenters. The van der Waals surface area contributed by atoms with Crippen LogP contribution in [0.15, 0.2) is 29.4 Å². The fourth-order valence-corrected chi connectivity index (χ4v) is 1.38. The van der Waals surface area contributed by atoms with Gasteiger partial charge in [0.2, 0.25) is 0 Å². The van der Waals surface area contributed by atoms with Gasteiger partial charge in [-0.2, -0.15) is 5.10 Å². The first-order valence-corrected chi connectivity index (χ1v) is 4.79. The maximum Gasteiger partial charge on any atom is 0.193 e. The molecule has 0 bridgehead atoms. The second kappa shape index (κ2) is 4.00. The molecule has 78 valence electrons. The van der Waals surface area contributed by atoms with Gasteiger partial charge in [0.15, 0.2) is 5.96 Å². The molecular formula is C10H13N5. The SMILES string of the molecule is CCN=C(N)Nc1ccc2[nH]ncc2c1. The molecule has 0 amide bonds. The van der Waals surface area contributed by atoms with Crippen molar-refractivity contribution in [1.29, 1.82) is 0 Å². The fourth-order valence-electron chi connectivity index (χ4n) is 1.38. The number of anilines is 1. The van der Waals surface area contributed by atoms with E-state index in [1.165, 1.54) is 0 Å². The van der Waals surface area contributed by atoms with Crippen LogP contribution in [0.25, 0.3) is 10.9 Å². The van der Waals surface area contributed by atoms with E-state index >= 15 is 0 Å². The number of nitrogens with one attached hydrogen (secondary N) is 2. The number of aromatic amines is 1. The molecular weight excluding hydrogens is 190 g/mol. The van der Waals surface area contributed by atoms with Gasteiger partial charge in [-0.05, 0) is 25.1 Å². The van der Waals surface area contributed by atoms with Crippen LogP contribution >= 0.6 is 0 Å². The first kappa shape index (κ1) is 9.51. The molecule has 0 saturated carbocycles. The number of nitrogens with zero attached hydrogens (tertiary/aromatic N) is 2. The fraction of sp³-hybridized carbons (Fsp3) is 0.200. The van der Waals surface area contributed by atoms with E-state index in [0.717, 1.165) is 16.6 Å². The second-order valence-corrected chi connectivity index (χ2v) is 3.16. The number of rotatable bonds is 2. The highest BCUT2D eigenvalue weighted by atomic mass is 15.1. The molecule has 0 aliphatic heterocycles. The summed E-state index contributed by atoms with van der Waals surface area (Å²) < 4.78 is 0. The van der Waals surface area contributed by atoms with Crippen LogP contribution in [0.3, 0.4) is 0 Å². The molecule has 0 fully saturated rings. The van der Waals surface area contributed by atoms with E-state index in [4.69, 9.17) is 5.73 Å². The number of nitrogens with two attached hydrogens (primary N) is 1. The Hall–Kier alpha value is -2.04. The Kier molecular flexibility index (Phi) is 2.53. The van der Waals surface area contributed by atoms with Gasteiger partial charge in [0.25, 0.3) is 0 Å². The lowest BCUT2D eigenvalue weighted by atomic mass is 10.2. The largest absolute Gasteiger partial charge is 0.370 e. The predicted octanol–water partition coefficient (Wildman–Crippen LogP) is 1.31. The average Bonchev–Trinajstić information content (AvgIpc) is 2.65. The maximum atomic E-state index is 5.65. The van der Waals surface area contributed by atoms with Gasteiger partial charge in [0.05, 0.1) is 11.7 Å². The molecule has 0 saturated heterocycles. The zero-order chi connectivity index (χ0) is 10.7. The van der Waals surface area contributed by atoms with Crippen molar-refractivity contribution < 1.29 is 0 Å². The van der Waals surface area contributed by atoms with Crippen LogP contribution in [0.1, 0.15) is 6.92 Å². The molecule has 0 aliphatic carbocycles. The highest BCUT2D eigenvalue weighted by Gasteiger charge is 1.98. The minimum Gasteiger partial charge on any atom is -0.370 e. The third-order valence-electron chi connectivity index (χ3n) is 2.04. The minimum absolute atomic E-state index is 0.431. The van der Waals surface area contributed by atoms with E-state index in [1.54, 1.807) is 6.20 Å². The lowest BCUT2D eigenvalue weighted by Crippen LogP contribution is -2.22. The number of aliphatic imine (C=N–C) groups is 1. The summed E-state index contributed by atoms with van der Waals surface area (Å²) in [6.45, 7) is 2.61. The quantitative estimate of drug-likeness (QED) is 0.508. The Labute approximate surface area is 87.4 Å². The molecule has 1 heterocycles. The summed E-state index contributed by atoms with van der Waals surface area (Å²) in [4.78, 5) is 4.05. The van der Waals surface area contributed by atoms with Crippen molar-refractivity contribution in [2.24, 2.45) is 10.7 Å². The predicted molar refractivity (Wildman–Crippen MR) is 61.9 cm³/mol. The van der Waals surface area contributed by atoms with E-state index in [9.17, 15) is 0 Å². The van der Waals surface area contributed by atoms with Gasteiger partial charge in [-0.25, -0.2) is 0 Å². The molecule has 0 unspecified atom stereocenters. The van der Waals surface area contributed by atoms with Crippen molar-refractivity contribution in [3.05, 3.63) is 24.4 Å². The molecule has 1 aromatic heterocycles. The first-order chi connectivity index (χ1) is 7.29. The normalized spacial score (nSPS) is 11.9. The maximum absolute atomic E-state index is 5.65. The highest BCUT2D eigenvalue weighted by Crippen LogP contribution is 2.16. The van der Waals surface area contributed by atoms with E-state index in [-0.39, 0.29) is 0 Å². The summed E-state index contributed by atoms with van der Waals surface area (Å²) in [5.41, 5.74) is 7.57. The summed E-state index contributed by atoms with van der Waals surface area (Å²) in [6, 6.07) is 5.85. The van der Waals surface area contributed by atoms with Gasteiger partial charge in [-0.1, -0.05) is 0 Å². The van der Waals surface area contributed by atoms with E-state index < -0.39 is 0 Å². The molecule has 4 N–H and O–H groups in total. The van der Waals surface area contributed by atoms with Gasteiger partial charge in [0.1, 0.15) is 0 Å². The molecule has 2 aromatic rings. The lowest BCUT2D eigenvalue weighted by molar-refractivity contribution is 1.12. The first-order valence-electron chi connectivity index (χ1n) is 4.79. The van der Waals surface area contributed by atoms with E-state index in [0.29, 0.717) is 12.5 Å². The van der Waals surface area contributed by atoms with Crippen molar-refractivity contribution in [3.8, 4) is 0 Å². The number of H-pyrrole nitrogens is 1. The minimum atomic E-state index is 0.431. The second-order valence-electron chi connectivity index (χ2n) is 3.16. The zero-order valence-corrected chi connectivity index (χ0v) is 8.49. The third kappa shape index (κ3) is 2.07.